The van der Waals surface area contributed by atoms with Gasteiger partial charge in [-0.25, -0.2) is 9.78 Å². The van der Waals surface area contributed by atoms with Gasteiger partial charge in [-0.05, 0) is 107 Å². The molecule has 6 aromatic rings. The van der Waals surface area contributed by atoms with Crippen LogP contribution in [0.4, 0.5) is 10.5 Å². The van der Waals surface area contributed by atoms with Gasteiger partial charge in [0.2, 0.25) is 35.4 Å². The molecule has 0 spiro atoms. The normalized spacial score (nSPS) is 18.7. The lowest BCUT2D eigenvalue weighted by molar-refractivity contribution is -0.144. The molecule has 3 aliphatic heterocycles. The zero-order chi connectivity index (χ0) is 62.2. The number of rotatable bonds is 24. The van der Waals surface area contributed by atoms with Gasteiger partial charge in [0, 0.05) is 44.9 Å². The lowest BCUT2D eigenvalue weighted by atomic mass is 9.85. The Labute approximate surface area is 517 Å². The summed E-state index contributed by atoms with van der Waals surface area (Å²) in [6.07, 6.45) is 0.387. The Morgan fingerprint density at radius 2 is 1.51 bits per heavy atom. The van der Waals surface area contributed by atoms with Crippen LogP contribution < -0.4 is 31.9 Å². The average molecular weight is 1220 g/mol. The third-order valence-electron chi connectivity index (χ3n) is 17.2. The Kier molecular flexibility index (Phi) is 19.8. The number of para-hydroxylation sites is 1. The molecule has 462 valence electrons. The number of aliphatic hydroxyl groups is 1. The maximum atomic E-state index is 14.6. The van der Waals surface area contributed by atoms with Gasteiger partial charge in [-0.2, -0.15) is 0 Å². The Morgan fingerprint density at radius 1 is 0.830 bits per heavy atom. The van der Waals surface area contributed by atoms with Gasteiger partial charge in [0.15, 0.2) is 0 Å². The summed E-state index contributed by atoms with van der Waals surface area (Å²) in [6.45, 7) is 9.74. The fraction of sp³-hybridized carbons (Fsp3) is 0.412. The summed E-state index contributed by atoms with van der Waals surface area (Å²) < 4.78 is 18.0. The topological polar surface area (TPSA) is 261 Å². The van der Waals surface area contributed by atoms with Gasteiger partial charge < -0.3 is 51.2 Å². The number of aliphatic hydroxyl groups excluding tert-OH is 1. The predicted octanol–water partition coefficient (Wildman–Crippen LogP) is 7.34. The molecule has 20 heteroatoms. The van der Waals surface area contributed by atoms with E-state index in [9.17, 15) is 38.7 Å². The Balaban J connectivity index is 0.673. The maximum absolute atomic E-state index is 14.6. The number of thiazole rings is 1. The van der Waals surface area contributed by atoms with Crippen LogP contribution in [0.15, 0.2) is 121 Å². The van der Waals surface area contributed by atoms with Crippen LogP contribution in [-0.4, -0.2) is 125 Å². The van der Waals surface area contributed by atoms with Crippen LogP contribution in [0.3, 0.4) is 0 Å². The van der Waals surface area contributed by atoms with Crippen molar-refractivity contribution in [2.75, 3.05) is 31.3 Å². The minimum atomic E-state index is -0.993. The molecule has 4 heterocycles. The Morgan fingerprint density at radius 3 is 2.19 bits per heavy atom. The van der Waals surface area contributed by atoms with Gasteiger partial charge in [0.05, 0.1) is 46.6 Å². The zero-order valence-electron chi connectivity index (χ0n) is 50.4. The molecule has 1 saturated heterocycles. The molecule has 7 N–H and O–H groups in total. The van der Waals surface area contributed by atoms with Gasteiger partial charge in [-0.1, -0.05) is 136 Å². The number of hydrogen-bond donors (Lipinski definition) is 6. The number of nitrogens with one attached hydrogen (secondary N) is 4. The maximum Gasteiger partial charge on any atom is 0.407 e. The monoisotopic (exact) mass is 1210 g/mol. The molecule has 7 atom stereocenters. The molecule has 0 radical (unpaired) electrons. The van der Waals surface area contributed by atoms with E-state index in [0.717, 1.165) is 66.2 Å². The first-order chi connectivity index (χ1) is 42.3. The number of hydrogen-bond acceptors (Lipinski definition) is 13. The minimum Gasteiger partial charge on any atom is -0.449 e. The molecular formula is C68H78N8O11S. The summed E-state index contributed by atoms with van der Waals surface area (Å²) in [5.74, 6) is -2.85. The van der Waals surface area contributed by atoms with Crippen molar-refractivity contribution in [2.24, 2.45) is 11.1 Å². The number of amides is 7. The lowest BCUT2D eigenvalue weighted by Gasteiger charge is -2.35. The van der Waals surface area contributed by atoms with Crippen molar-refractivity contribution in [3.8, 4) is 21.6 Å². The summed E-state index contributed by atoms with van der Waals surface area (Å²) in [5.41, 5.74) is 18.2. The first kappa shape index (κ1) is 62.7. The standard InChI is InChI=1S/C68H78N8O11S/c1-40-61(88-39-71-40)46-25-23-43(24-26-46)34-70-63(80)56-33-48(77)35-75(56)66(83)62(68(3,4)5)74-59(79)38-85-31-11-12-42-19-21-44(22-20-42)36-86-41(2)54(29-30-58(69)78)72-64(81)57-32-47-14-10-13-45-27-28-55(65(82)76(57)60(45)47)73-67(84)87-37-53-51-17-8-6-15-49(51)50-16-7-9-18-52(50)53/h6-10,13-26,39,41,48,53-57,62,77H,11-12,27-38H2,1-5H3,(H2,69,78)(H,70,80)(H,72,81)(H,73,84)(H,74,79)/t41-,48-,54+,55+,56+,57+,62-/m1/s1. The molecule has 19 nitrogen and oxygen atoms in total. The van der Waals surface area contributed by atoms with Crippen LogP contribution in [0, 0.1) is 12.3 Å². The highest BCUT2D eigenvalue weighted by Crippen LogP contribution is 2.45. The second-order valence-corrected chi connectivity index (χ2v) is 25.3. The fourth-order valence-electron chi connectivity index (χ4n) is 12.4. The van der Waals surface area contributed by atoms with Crippen molar-refractivity contribution in [2.45, 2.75) is 147 Å². The van der Waals surface area contributed by atoms with E-state index in [2.05, 4.69) is 38.4 Å². The second-order valence-electron chi connectivity index (χ2n) is 24.5. The number of benzene rings is 5. The van der Waals surface area contributed by atoms with Crippen molar-refractivity contribution in [1.29, 1.82) is 0 Å². The van der Waals surface area contributed by atoms with E-state index in [-0.39, 0.29) is 77.0 Å². The Bertz CT molecular complexity index is 3490. The van der Waals surface area contributed by atoms with Crippen LogP contribution >= 0.6 is 11.3 Å². The summed E-state index contributed by atoms with van der Waals surface area (Å²) in [4.78, 5) is 104. The third-order valence-corrected chi connectivity index (χ3v) is 18.2. The van der Waals surface area contributed by atoms with Crippen LogP contribution in [0.5, 0.6) is 0 Å². The van der Waals surface area contributed by atoms with Crippen LogP contribution in [0.25, 0.3) is 21.6 Å². The van der Waals surface area contributed by atoms with Crippen LogP contribution in [-0.2, 0) is 75.4 Å². The summed E-state index contributed by atoms with van der Waals surface area (Å²) >= 11 is 1.56. The number of β-amino-alcohol motifs (C(OH)–C–C–N with tert-alkyl or cyclic N) is 1. The van der Waals surface area contributed by atoms with E-state index < -0.39 is 83.5 Å². The second kappa shape index (κ2) is 27.8. The first-order valence-corrected chi connectivity index (χ1v) is 31.2. The number of ether oxygens (including phenoxy) is 3. The van der Waals surface area contributed by atoms with Gasteiger partial charge in [0.25, 0.3) is 0 Å². The van der Waals surface area contributed by atoms with E-state index in [0.29, 0.717) is 31.4 Å². The molecule has 1 aliphatic carbocycles. The number of fused-ring (bicyclic) bond motifs is 3. The summed E-state index contributed by atoms with van der Waals surface area (Å²) in [6, 6.07) is 33.1. The highest BCUT2D eigenvalue weighted by atomic mass is 32.1. The summed E-state index contributed by atoms with van der Waals surface area (Å²) in [5, 5.41) is 22.4. The number of alkyl carbamates (subject to hydrolysis) is 1. The van der Waals surface area contributed by atoms with E-state index >= 15 is 0 Å². The van der Waals surface area contributed by atoms with Crippen molar-refractivity contribution in [3.63, 3.8) is 0 Å². The molecular weight excluding hydrogens is 1140 g/mol. The number of carbonyl (C=O) groups excluding carboxylic acids is 7. The van der Waals surface area contributed by atoms with Crippen LogP contribution in [0.2, 0.25) is 0 Å². The zero-order valence-corrected chi connectivity index (χ0v) is 51.2. The number of nitrogens with zero attached hydrogens (tertiary/aromatic N) is 3. The highest BCUT2D eigenvalue weighted by Gasteiger charge is 2.46. The number of aromatic nitrogens is 1. The van der Waals surface area contributed by atoms with E-state index in [4.69, 9.17) is 19.9 Å². The molecule has 0 unspecified atom stereocenters. The smallest absolute Gasteiger partial charge is 0.407 e. The minimum absolute atomic E-state index is 0.0118. The van der Waals surface area contributed by atoms with Crippen molar-refractivity contribution in [3.05, 3.63) is 165 Å². The average Bonchev–Trinajstić information content (AvgIpc) is 2.01. The first-order valence-electron chi connectivity index (χ1n) is 30.3. The molecule has 1 fully saturated rings. The predicted molar refractivity (Wildman–Crippen MR) is 334 cm³/mol. The molecule has 0 bridgehead atoms. The van der Waals surface area contributed by atoms with Crippen molar-refractivity contribution >= 4 is 58.6 Å². The molecule has 7 amide bonds. The fourth-order valence-corrected chi connectivity index (χ4v) is 13.2. The summed E-state index contributed by atoms with van der Waals surface area (Å²) in [7, 11) is 0. The number of carbonyl (C=O) groups is 7. The molecule has 88 heavy (non-hydrogen) atoms. The number of primary amides is 1. The number of anilines is 1. The van der Waals surface area contributed by atoms with Gasteiger partial charge in [0.1, 0.15) is 37.4 Å². The van der Waals surface area contributed by atoms with E-state index in [1.54, 1.807) is 16.8 Å². The number of likely N-dealkylation sites (tertiary alicyclic amines) is 1. The SMILES string of the molecule is Cc1ncsc1-c1ccc(CNC(=O)[C@@H]2C[C@@H](O)CN2C(=O)[C@@H](NC(=O)COCCCc2ccc(CO[C@H](C)[C@H](CCC(N)=O)NC(=O)[C@@H]3Cc4cccc5c4N3C(=O)[C@@H](NC(=O)OCC3c4ccccc4-c4ccccc43)CC5)cc2)C(C)(C)C)cc1. The number of aryl methyl sites for hydroxylation is 3. The quantitative estimate of drug-likeness (QED) is 0.0325. The molecule has 10 rings (SSSR count). The highest BCUT2D eigenvalue weighted by molar-refractivity contribution is 7.13. The molecule has 1 aromatic heterocycles. The van der Waals surface area contributed by atoms with Gasteiger partial charge in [-0.15, -0.1) is 11.3 Å². The number of nitrogens with two attached hydrogens (primary N) is 1. The Hall–Kier alpha value is -8.30. The lowest BCUT2D eigenvalue weighted by Crippen LogP contribution is -2.58. The largest absolute Gasteiger partial charge is 0.449 e. The van der Waals surface area contributed by atoms with Crippen LogP contribution in [0.1, 0.15) is 110 Å². The third kappa shape index (κ3) is 14.6. The van der Waals surface area contributed by atoms with Crippen molar-refractivity contribution < 1.29 is 52.9 Å². The molecule has 5 aromatic carbocycles. The van der Waals surface area contributed by atoms with E-state index in [1.807, 2.05) is 138 Å². The van der Waals surface area contributed by atoms with Crippen molar-refractivity contribution in [1.82, 2.24) is 31.2 Å². The van der Waals surface area contributed by atoms with E-state index in [1.165, 1.54) is 9.80 Å². The van der Waals surface area contributed by atoms with Gasteiger partial charge in [-0.3, -0.25) is 33.7 Å². The molecule has 0 saturated carbocycles. The van der Waals surface area contributed by atoms with Gasteiger partial charge >= 0.3 is 6.09 Å². The molecule has 4 aliphatic rings.